The quantitative estimate of drug-likeness (QED) is 0.794. The summed E-state index contributed by atoms with van der Waals surface area (Å²) in [4.78, 5) is 12.7. The number of nitrogens with one attached hydrogen (secondary N) is 1. The van der Waals surface area contributed by atoms with E-state index in [1.165, 1.54) is 5.56 Å². The number of halogens is 1. The molecule has 0 aliphatic heterocycles. The summed E-state index contributed by atoms with van der Waals surface area (Å²) >= 11 is 3.43. The smallest absolute Gasteiger partial charge is 0.241 e. The first-order valence-electron chi connectivity index (χ1n) is 8.16. The Bertz CT molecular complexity index is 559. The summed E-state index contributed by atoms with van der Waals surface area (Å²) in [6.07, 6.45) is 1.40. The minimum atomic E-state index is -0.860. The second-order valence-corrected chi connectivity index (χ2v) is 7.96. The number of hydrogen-bond donors (Lipinski definition) is 2. The molecule has 1 aliphatic rings. The van der Waals surface area contributed by atoms with Gasteiger partial charge in [0, 0.05) is 29.0 Å². The molecule has 23 heavy (non-hydrogen) atoms. The van der Waals surface area contributed by atoms with E-state index in [4.69, 9.17) is 10.5 Å². The molecular formula is C18H27BrN2O2. The van der Waals surface area contributed by atoms with E-state index in [-0.39, 0.29) is 23.5 Å². The standard InChI is InChI=1S/C18H27BrN2O2/c1-5-23-15-11-18(20,17(15,3)4)16(22)21-12(2)10-13-6-8-14(19)9-7-13/h6-9,12,15H,5,10-11,20H2,1-4H3,(H,21,22). The first-order chi connectivity index (χ1) is 10.7. The van der Waals surface area contributed by atoms with Crippen molar-refractivity contribution in [2.24, 2.45) is 11.1 Å². The van der Waals surface area contributed by atoms with Crippen LogP contribution >= 0.6 is 15.9 Å². The minimum Gasteiger partial charge on any atom is -0.378 e. The molecule has 3 unspecified atom stereocenters. The molecule has 0 heterocycles. The van der Waals surface area contributed by atoms with Crippen LogP contribution in [0.15, 0.2) is 28.7 Å². The molecule has 0 radical (unpaired) electrons. The van der Waals surface area contributed by atoms with Crippen molar-refractivity contribution < 1.29 is 9.53 Å². The lowest BCUT2D eigenvalue weighted by molar-refractivity contribution is -0.171. The number of nitrogens with two attached hydrogens (primary N) is 1. The fourth-order valence-electron chi connectivity index (χ4n) is 3.20. The van der Waals surface area contributed by atoms with Crippen LogP contribution in [0.3, 0.4) is 0 Å². The van der Waals surface area contributed by atoms with Crippen LogP contribution in [0.5, 0.6) is 0 Å². The topological polar surface area (TPSA) is 64.3 Å². The molecule has 128 valence electrons. The van der Waals surface area contributed by atoms with E-state index < -0.39 is 5.54 Å². The molecule has 1 saturated carbocycles. The van der Waals surface area contributed by atoms with Gasteiger partial charge in [-0.25, -0.2) is 0 Å². The van der Waals surface area contributed by atoms with Crippen LogP contribution in [0.2, 0.25) is 0 Å². The fourth-order valence-corrected chi connectivity index (χ4v) is 3.46. The summed E-state index contributed by atoms with van der Waals surface area (Å²) in [7, 11) is 0. The zero-order valence-corrected chi connectivity index (χ0v) is 15.9. The maximum absolute atomic E-state index is 12.7. The largest absolute Gasteiger partial charge is 0.378 e. The molecule has 4 nitrogen and oxygen atoms in total. The molecule has 2 rings (SSSR count). The average molecular weight is 383 g/mol. The molecule has 0 saturated heterocycles. The molecule has 5 heteroatoms. The summed E-state index contributed by atoms with van der Waals surface area (Å²) in [5.74, 6) is -0.0805. The highest BCUT2D eigenvalue weighted by Gasteiger charge is 2.62. The summed E-state index contributed by atoms with van der Waals surface area (Å²) in [5.41, 5.74) is 6.38. The van der Waals surface area contributed by atoms with Gasteiger partial charge >= 0.3 is 0 Å². The van der Waals surface area contributed by atoms with Gasteiger partial charge in [-0.3, -0.25) is 4.79 Å². The van der Waals surface area contributed by atoms with E-state index in [9.17, 15) is 4.79 Å². The number of benzene rings is 1. The Morgan fingerprint density at radius 1 is 1.43 bits per heavy atom. The second kappa shape index (κ2) is 6.91. The first-order valence-corrected chi connectivity index (χ1v) is 8.96. The average Bonchev–Trinajstić information content (AvgIpc) is 2.49. The van der Waals surface area contributed by atoms with E-state index in [0.717, 1.165) is 10.9 Å². The van der Waals surface area contributed by atoms with Gasteiger partial charge in [-0.05, 0) is 38.0 Å². The van der Waals surface area contributed by atoms with Crippen molar-refractivity contribution in [2.75, 3.05) is 6.61 Å². The van der Waals surface area contributed by atoms with E-state index in [0.29, 0.717) is 13.0 Å². The third kappa shape index (κ3) is 3.62. The number of ether oxygens (including phenoxy) is 1. The summed E-state index contributed by atoms with van der Waals surface area (Å²) in [6, 6.07) is 8.17. The normalized spacial score (nSPS) is 27.1. The predicted molar refractivity (Wildman–Crippen MR) is 96.2 cm³/mol. The molecule has 3 atom stereocenters. The van der Waals surface area contributed by atoms with Crippen LogP contribution in [0.1, 0.15) is 39.7 Å². The Morgan fingerprint density at radius 3 is 2.57 bits per heavy atom. The number of hydrogen-bond acceptors (Lipinski definition) is 3. The maximum atomic E-state index is 12.7. The third-order valence-electron chi connectivity index (χ3n) is 5.07. The van der Waals surface area contributed by atoms with E-state index in [1.54, 1.807) is 0 Å². The Balaban J connectivity index is 1.95. The van der Waals surface area contributed by atoms with Gasteiger partial charge in [0.1, 0.15) is 5.54 Å². The summed E-state index contributed by atoms with van der Waals surface area (Å²) < 4.78 is 6.74. The highest BCUT2D eigenvalue weighted by Crippen LogP contribution is 2.49. The monoisotopic (exact) mass is 382 g/mol. The van der Waals surface area contributed by atoms with Gasteiger partial charge in [0.15, 0.2) is 0 Å². The number of carbonyl (C=O) groups is 1. The highest BCUT2D eigenvalue weighted by atomic mass is 79.9. The Morgan fingerprint density at radius 2 is 2.04 bits per heavy atom. The lowest BCUT2D eigenvalue weighted by Crippen LogP contribution is -2.76. The Labute approximate surface area is 147 Å². The molecule has 0 bridgehead atoms. The lowest BCUT2D eigenvalue weighted by atomic mass is 9.54. The molecule has 1 aromatic carbocycles. The van der Waals surface area contributed by atoms with Crippen molar-refractivity contribution in [3.8, 4) is 0 Å². The second-order valence-electron chi connectivity index (χ2n) is 7.05. The van der Waals surface area contributed by atoms with Gasteiger partial charge < -0.3 is 15.8 Å². The van der Waals surface area contributed by atoms with Crippen molar-refractivity contribution in [3.05, 3.63) is 34.3 Å². The zero-order chi connectivity index (χ0) is 17.3. The van der Waals surface area contributed by atoms with E-state index in [1.807, 2.05) is 39.8 Å². The summed E-state index contributed by atoms with van der Waals surface area (Å²) in [5, 5.41) is 3.07. The number of rotatable bonds is 6. The molecule has 3 N–H and O–H groups in total. The van der Waals surface area contributed by atoms with E-state index >= 15 is 0 Å². The van der Waals surface area contributed by atoms with E-state index in [2.05, 4.69) is 33.4 Å². The molecular weight excluding hydrogens is 356 g/mol. The molecule has 0 spiro atoms. The van der Waals surface area contributed by atoms with Crippen LogP contribution in [0.25, 0.3) is 0 Å². The Hall–Kier alpha value is -0.910. The highest BCUT2D eigenvalue weighted by molar-refractivity contribution is 9.10. The van der Waals surface area contributed by atoms with Crippen molar-refractivity contribution in [3.63, 3.8) is 0 Å². The molecule has 1 fully saturated rings. The van der Waals surface area contributed by atoms with Crippen LogP contribution in [0.4, 0.5) is 0 Å². The molecule has 1 aromatic rings. The number of amides is 1. The van der Waals surface area contributed by atoms with Crippen molar-refractivity contribution in [1.29, 1.82) is 0 Å². The van der Waals surface area contributed by atoms with Crippen LogP contribution < -0.4 is 11.1 Å². The SMILES string of the molecule is CCOC1CC(N)(C(=O)NC(C)Cc2ccc(Br)cc2)C1(C)C. The summed E-state index contributed by atoms with van der Waals surface area (Å²) in [6.45, 7) is 8.64. The Kier molecular flexibility index (Phi) is 5.54. The molecule has 1 amide bonds. The minimum absolute atomic E-state index is 0.0334. The van der Waals surface area contributed by atoms with Gasteiger partial charge in [0.05, 0.1) is 6.10 Å². The fraction of sp³-hybridized carbons (Fsp3) is 0.611. The van der Waals surface area contributed by atoms with Gasteiger partial charge in [-0.1, -0.05) is 41.9 Å². The van der Waals surface area contributed by atoms with Gasteiger partial charge in [0.2, 0.25) is 5.91 Å². The van der Waals surface area contributed by atoms with Crippen molar-refractivity contribution in [2.45, 2.75) is 58.2 Å². The van der Waals surface area contributed by atoms with Crippen LogP contribution in [-0.2, 0) is 16.0 Å². The predicted octanol–water partition coefficient (Wildman–Crippen LogP) is 3.03. The van der Waals surface area contributed by atoms with Crippen molar-refractivity contribution in [1.82, 2.24) is 5.32 Å². The zero-order valence-electron chi connectivity index (χ0n) is 14.4. The third-order valence-corrected chi connectivity index (χ3v) is 5.60. The van der Waals surface area contributed by atoms with Gasteiger partial charge in [-0.15, -0.1) is 0 Å². The van der Waals surface area contributed by atoms with Crippen LogP contribution in [0, 0.1) is 5.41 Å². The van der Waals surface area contributed by atoms with Crippen LogP contribution in [-0.4, -0.2) is 30.2 Å². The van der Waals surface area contributed by atoms with Gasteiger partial charge in [-0.2, -0.15) is 0 Å². The maximum Gasteiger partial charge on any atom is 0.241 e. The first kappa shape index (κ1) is 18.4. The number of carbonyl (C=O) groups excluding carboxylic acids is 1. The lowest BCUT2D eigenvalue weighted by Gasteiger charge is -2.57. The van der Waals surface area contributed by atoms with Gasteiger partial charge in [0.25, 0.3) is 0 Å². The van der Waals surface area contributed by atoms with Crippen molar-refractivity contribution >= 4 is 21.8 Å². The molecule has 0 aromatic heterocycles. The molecule has 1 aliphatic carbocycles.